The summed E-state index contributed by atoms with van der Waals surface area (Å²) < 4.78 is 1.55. The van der Waals surface area contributed by atoms with E-state index in [9.17, 15) is 9.59 Å². The number of nitrogens with zero attached hydrogens (tertiary/aromatic N) is 3. The van der Waals surface area contributed by atoms with Crippen molar-refractivity contribution in [1.82, 2.24) is 9.55 Å². The Bertz CT molecular complexity index is 569. The van der Waals surface area contributed by atoms with Gasteiger partial charge in [-0.3, -0.25) is 9.59 Å². The zero-order valence-corrected chi connectivity index (χ0v) is 11.5. The fourth-order valence-corrected chi connectivity index (χ4v) is 3.71. The molecule has 0 radical (unpaired) electrons. The Balaban J connectivity index is 1.85. The minimum Gasteiger partial charge on any atom is -0.481 e. The molecule has 2 fully saturated rings. The maximum atomic E-state index is 12.2. The summed E-state index contributed by atoms with van der Waals surface area (Å²) in [5.74, 6) is 0.0293. The van der Waals surface area contributed by atoms with Crippen molar-refractivity contribution in [2.24, 2.45) is 13.0 Å². The molecule has 108 valence electrons. The number of rotatable bonds is 3. The van der Waals surface area contributed by atoms with Gasteiger partial charge in [0.15, 0.2) is 5.82 Å². The summed E-state index contributed by atoms with van der Waals surface area (Å²) >= 11 is 0. The van der Waals surface area contributed by atoms with E-state index in [1.165, 1.54) is 0 Å². The highest BCUT2D eigenvalue weighted by molar-refractivity contribution is 5.67. The molecule has 2 unspecified atom stereocenters. The fraction of sp³-hybridized carbons (Fsp3) is 0.643. The number of anilines is 1. The lowest BCUT2D eigenvalue weighted by Crippen LogP contribution is -2.46. The van der Waals surface area contributed by atoms with Crippen molar-refractivity contribution in [2.75, 3.05) is 4.90 Å². The molecule has 3 rings (SSSR count). The molecule has 6 nitrogen and oxygen atoms in total. The second-order valence-corrected chi connectivity index (χ2v) is 5.89. The molecule has 2 bridgehead atoms. The lowest BCUT2D eigenvalue weighted by atomic mass is 9.88. The molecular weight excluding hydrogens is 258 g/mol. The van der Waals surface area contributed by atoms with Crippen molar-refractivity contribution in [3.63, 3.8) is 0 Å². The summed E-state index contributed by atoms with van der Waals surface area (Å²) in [7, 11) is 1.73. The lowest BCUT2D eigenvalue weighted by molar-refractivity contribution is -0.138. The normalized spacial score (nSPS) is 28.6. The van der Waals surface area contributed by atoms with E-state index in [4.69, 9.17) is 5.11 Å². The van der Waals surface area contributed by atoms with Gasteiger partial charge in [-0.25, -0.2) is 4.98 Å². The Labute approximate surface area is 117 Å². The van der Waals surface area contributed by atoms with Gasteiger partial charge in [0.25, 0.3) is 5.56 Å². The van der Waals surface area contributed by atoms with Gasteiger partial charge >= 0.3 is 5.97 Å². The minimum atomic E-state index is -0.725. The van der Waals surface area contributed by atoms with Crippen molar-refractivity contribution in [3.8, 4) is 0 Å². The SMILES string of the molecule is Cn1ccnc(N2C3CCC2CC(CC(=O)O)C3)c1=O. The van der Waals surface area contributed by atoms with Gasteiger partial charge in [-0.15, -0.1) is 0 Å². The van der Waals surface area contributed by atoms with Crippen LogP contribution in [0.4, 0.5) is 5.82 Å². The quantitative estimate of drug-likeness (QED) is 0.892. The molecule has 2 aliphatic rings. The van der Waals surface area contributed by atoms with Gasteiger partial charge in [-0.1, -0.05) is 0 Å². The predicted octanol–water partition coefficient (Wildman–Crippen LogP) is 1.00. The number of aliphatic carboxylic acids is 1. The van der Waals surface area contributed by atoms with Crippen LogP contribution in [0.5, 0.6) is 0 Å². The highest BCUT2D eigenvalue weighted by Crippen LogP contribution is 2.41. The maximum Gasteiger partial charge on any atom is 0.303 e. The third-order valence-electron chi connectivity index (χ3n) is 4.54. The molecule has 0 spiro atoms. The second-order valence-electron chi connectivity index (χ2n) is 5.89. The third kappa shape index (κ3) is 2.19. The largest absolute Gasteiger partial charge is 0.481 e. The van der Waals surface area contributed by atoms with Crippen molar-refractivity contribution in [3.05, 3.63) is 22.7 Å². The van der Waals surface area contributed by atoms with Crippen LogP contribution in [0.1, 0.15) is 32.1 Å². The van der Waals surface area contributed by atoms with Crippen LogP contribution in [-0.2, 0) is 11.8 Å². The van der Waals surface area contributed by atoms with Crippen LogP contribution in [0.3, 0.4) is 0 Å². The molecule has 0 aliphatic carbocycles. The smallest absolute Gasteiger partial charge is 0.303 e. The van der Waals surface area contributed by atoms with Crippen molar-refractivity contribution < 1.29 is 9.90 Å². The molecule has 2 atom stereocenters. The van der Waals surface area contributed by atoms with Gasteiger partial charge < -0.3 is 14.6 Å². The third-order valence-corrected chi connectivity index (χ3v) is 4.54. The van der Waals surface area contributed by atoms with Gasteiger partial charge in [-0.05, 0) is 31.6 Å². The average molecular weight is 277 g/mol. The molecule has 2 aliphatic heterocycles. The first-order valence-corrected chi connectivity index (χ1v) is 7.08. The first-order chi connectivity index (χ1) is 9.56. The maximum absolute atomic E-state index is 12.2. The topological polar surface area (TPSA) is 75.4 Å². The summed E-state index contributed by atoms with van der Waals surface area (Å²) in [6, 6.07) is 0.529. The Morgan fingerprint density at radius 3 is 2.65 bits per heavy atom. The average Bonchev–Trinajstić information content (AvgIpc) is 2.64. The number of carboxylic acids is 1. The standard InChI is InChI=1S/C14H19N3O3/c1-16-5-4-15-13(14(16)20)17-10-2-3-11(17)7-9(6-10)8-12(18)19/h4-5,9-11H,2-3,6-8H2,1H3,(H,18,19). The van der Waals surface area contributed by atoms with Crippen LogP contribution in [0.15, 0.2) is 17.2 Å². The highest BCUT2D eigenvalue weighted by atomic mass is 16.4. The lowest BCUT2D eigenvalue weighted by Gasteiger charge is -2.39. The van der Waals surface area contributed by atoms with Crippen molar-refractivity contribution >= 4 is 11.8 Å². The first kappa shape index (κ1) is 13.1. The van der Waals surface area contributed by atoms with E-state index in [2.05, 4.69) is 9.88 Å². The number of carboxylic acid groups (broad SMARTS) is 1. The molecular formula is C14H19N3O3. The number of carbonyl (C=O) groups is 1. The van der Waals surface area contributed by atoms with E-state index in [0.29, 0.717) is 5.82 Å². The van der Waals surface area contributed by atoms with Crippen molar-refractivity contribution in [1.29, 1.82) is 0 Å². The summed E-state index contributed by atoms with van der Waals surface area (Å²) in [6.07, 6.45) is 7.30. The summed E-state index contributed by atoms with van der Waals surface area (Å²) in [5, 5.41) is 8.94. The van der Waals surface area contributed by atoms with Gasteiger partial charge in [0.05, 0.1) is 0 Å². The Hall–Kier alpha value is -1.85. The monoisotopic (exact) mass is 277 g/mol. The summed E-state index contributed by atoms with van der Waals surface area (Å²) in [6.45, 7) is 0. The molecule has 6 heteroatoms. The molecule has 1 aromatic heterocycles. The Kier molecular flexibility index (Phi) is 3.23. The second kappa shape index (κ2) is 4.92. The van der Waals surface area contributed by atoms with Gasteiger partial charge in [-0.2, -0.15) is 0 Å². The van der Waals surface area contributed by atoms with Crippen LogP contribution in [0, 0.1) is 5.92 Å². The van der Waals surface area contributed by atoms with Crippen LogP contribution >= 0.6 is 0 Å². The number of piperidine rings is 1. The molecule has 1 aromatic rings. The van der Waals surface area contributed by atoms with Gasteiger partial charge in [0.2, 0.25) is 0 Å². The van der Waals surface area contributed by atoms with E-state index in [-0.39, 0.29) is 30.0 Å². The van der Waals surface area contributed by atoms with Crippen LogP contribution < -0.4 is 10.5 Å². The number of aromatic nitrogens is 2. The van der Waals surface area contributed by atoms with E-state index in [1.807, 2.05) is 0 Å². The first-order valence-electron chi connectivity index (χ1n) is 7.08. The molecule has 3 heterocycles. The van der Waals surface area contributed by atoms with E-state index in [1.54, 1.807) is 24.0 Å². The molecule has 1 N–H and O–H groups in total. The molecule has 0 amide bonds. The fourth-order valence-electron chi connectivity index (χ4n) is 3.71. The number of aryl methyl sites for hydroxylation is 1. The van der Waals surface area contributed by atoms with Crippen LogP contribution in [0.25, 0.3) is 0 Å². The van der Waals surface area contributed by atoms with Crippen molar-refractivity contribution in [2.45, 2.75) is 44.2 Å². The molecule has 0 aromatic carbocycles. The highest BCUT2D eigenvalue weighted by Gasteiger charge is 2.42. The molecule has 2 saturated heterocycles. The van der Waals surface area contributed by atoms with E-state index in [0.717, 1.165) is 25.7 Å². The zero-order valence-electron chi connectivity index (χ0n) is 11.5. The zero-order chi connectivity index (χ0) is 14.3. The molecule has 0 saturated carbocycles. The minimum absolute atomic E-state index is 0.0684. The predicted molar refractivity (Wildman–Crippen MR) is 73.7 cm³/mol. The van der Waals surface area contributed by atoms with E-state index >= 15 is 0 Å². The number of fused-ring (bicyclic) bond motifs is 2. The Morgan fingerprint density at radius 2 is 2.05 bits per heavy atom. The molecule has 20 heavy (non-hydrogen) atoms. The van der Waals surface area contributed by atoms with E-state index < -0.39 is 5.97 Å². The number of hydrogen-bond donors (Lipinski definition) is 1. The number of hydrogen-bond acceptors (Lipinski definition) is 4. The van der Waals surface area contributed by atoms with Gasteiger partial charge in [0, 0.05) is 37.9 Å². The Morgan fingerprint density at radius 1 is 1.40 bits per heavy atom. The summed E-state index contributed by atoms with van der Waals surface area (Å²) in [4.78, 5) is 29.5. The van der Waals surface area contributed by atoms with Gasteiger partial charge in [0.1, 0.15) is 0 Å². The summed E-state index contributed by atoms with van der Waals surface area (Å²) in [5.41, 5.74) is -0.0684. The van der Waals surface area contributed by atoms with Crippen LogP contribution in [-0.4, -0.2) is 32.7 Å². The van der Waals surface area contributed by atoms with Crippen LogP contribution in [0.2, 0.25) is 0 Å².